The Bertz CT molecular complexity index is 517. The minimum absolute atomic E-state index is 0.566. The van der Waals surface area contributed by atoms with Gasteiger partial charge in [0.15, 0.2) is 5.13 Å². The van der Waals surface area contributed by atoms with Crippen LogP contribution in [-0.2, 0) is 12.3 Å². The van der Waals surface area contributed by atoms with Crippen LogP contribution < -0.4 is 5.73 Å². The number of nitrogens with zero attached hydrogens (tertiary/aromatic N) is 4. The third kappa shape index (κ3) is 3.23. The van der Waals surface area contributed by atoms with Gasteiger partial charge in [-0.3, -0.25) is 0 Å². The van der Waals surface area contributed by atoms with Crippen LogP contribution in [0.1, 0.15) is 25.4 Å². The van der Waals surface area contributed by atoms with E-state index in [9.17, 15) is 0 Å². The SMILES string of the molecule is Cc1nc(N)sc1SCc1ncnn1CC(C)C. The average Bonchev–Trinajstić information content (AvgIpc) is 2.82. The molecule has 0 fully saturated rings. The number of hydrogen-bond acceptors (Lipinski definition) is 6. The smallest absolute Gasteiger partial charge is 0.181 e. The largest absolute Gasteiger partial charge is 0.375 e. The van der Waals surface area contributed by atoms with E-state index >= 15 is 0 Å². The molecule has 0 aliphatic heterocycles. The van der Waals surface area contributed by atoms with Gasteiger partial charge in [0.1, 0.15) is 12.2 Å². The summed E-state index contributed by atoms with van der Waals surface area (Å²) in [5, 5.41) is 4.88. The van der Waals surface area contributed by atoms with E-state index in [1.807, 2.05) is 11.6 Å². The number of anilines is 1. The Labute approximate surface area is 115 Å². The zero-order valence-electron chi connectivity index (χ0n) is 10.8. The second-order valence-corrected chi connectivity index (χ2v) is 6.74. The van der Waals surface area contributed by atoms with Crippen molar-refractivity contribution in [1.82, 2.24) is 19.7 Å². The van der Waals surface area contributed by atoms with Crippen LogP contribution in [0, 0.1) is 12.8 Å². The van der Waals surface area contributed by atoms with Gasteiger partial charge >= 0.3 is 0 Å². The molecule has 0 unspecified atom stereocenters. The van der Waals surface area contributed by atoms with E-state index in [1.165, 1.54) is 11.3 Å². The van der Waals surface area contributed by atoms with E-state index in [2.05, 4.69) is 28.9 Å². The molecule has 0 saturated carbocycles. The van der Waals surface area contributed by atoms with Crippen molar-refractivity contribution in [3.05, 3.63) is 17.8 Å². The zero-order chi connectivity index (χ0) is 13.1. The Balaban J connectivity index is 2.02. The molecule has 2 aromatic heterocycles. The first kappa shape index (κ1) is 13.4. The standard InChI is InChI=1S/C11H17N5S2/c1-7(2)4-16-9(13-6-14-16)5-17-10-8(3)15-11(12)18-10/h6-7H,4-5H2,1-3H3,(H2,12,15). The highest BCUT2D eigenvalue weighted by Crippen LogP contribution is 2.32. The Kier molecular flexibility index (Phi) is 4.23. The first-order valence-corrected chi connectivity index (χ1v) is 7.59. The summed E-state index contributed by atoms with van der Waals surface area (Å²) in [6, 6.07) is 0. The molecule has 0 aliphatic carbocycles. The fourth-order valence-electron chi connectivity index (χ4n) is 1.56. The molecule has 2 N–H and O–H groups in total. The van der Waals surface area contributed by atoms with Crippen LogP contribution in [0.2, 0.25) is 0 Å². The Morgan fingerprint density at radius 3 is 2.89 bits per heavy atom. The van der Waals surface area contributed by atoms with Crippen LogP contribution in [0.3, 0.4) is 0 Å². The summed E-state index contributed by atoms with van der Waals surface area (Å²) in [5.74, 6) is 2.37. The predicted molar refractivity (Wildman–Crippen MR) is 75.7 cm³/mol. The maximum absolute atomic E-state index is 5.69. The average molecular weight is 283 g/mol. The summed E-state index contributed by atoms with van der Waals surface area (Å²) in [4.78, 5) is 8.52. The lowest BCUT2D eigenvalue weighted by Gasteiger charge is -2.07. The highest BCUT2D eigenvalue weighted by Gasteiger charge is 2.10. The minimum Gasteiger partial charge on any atom is -0.375 e. The van der Waals surface area contributed by atoms with Crippen LogP contribution in [0.25, 0.3) is 0 Å². The van der Waals surface area contributed by atoms with E-state index in [1.54, 1.807) is 18.1 Å². The summed E-state index contributed by atoms with van der Waals surface area (Å²) in [5.41, 5.74) is 6.68. The zero-order valence-corrected chi connectivity index (χ0v) is 12.4. The van der Waals surface area contributed by atoms with Crippen LogP contribution in [0.4, 0.5) is 5.13 Å². The molecule has 5 nitrogen and oxygen atoms in total. The van der Waals surface area contributed by atoms with Gasteiger partial charge in [-0.2, -0.15) is 5.10 Å². The van der Waals surface area contributed by atoms with Crippen LogP contribution in [0.15, 0.2) is 10.5 Å². The van der Waals surface area contributed by atoms with Crippen molar-refractivity contribution >= 4 is 28.2 Å². The first-order chi connectivity index (χ1) is 8.56. The van der Waals surface area contributed by atoms with Gasteiger partial charge in [-0.25, -0.2) is 14.6 Å². The van der Waals surface area contributed by atoms with Crippen LogP contribution in [-0.4, -0.2) is 19.7 Å². The van der Waals surface area contributed by atoms with Gasteiger partial charge in [-0.05, 0) is 12.8 Å². The van der Waals surface area contributed by atoms with Crippen molar-refractivity contribution < 1.29 is 0 Å². The summed E-state index contributed by atoms with van der Waals surface area (Å²) in [7, 11) is 0. The summed E-state index contributed by atoms with van der Waals surface area (Å²) in [6.07, 6.45) is 1.62. The number of nitrogens with two attached hydrogens (primary N) is 1. The molecule has 7 heteroatoms. The molecule has 2 rings (SSSR count). The number of nitrogen functional groups attached to an aromatic ring is 1. The van der Waals surface area contributed by atoms with Crippen molar-refractivity contribution in [3.8, 4) is 0 Å². The third-order valence-corrected chi connectivity index (χ3v) is 4.68. The van der Waals surface area contributed by atoms with Gasteiger partial charge in [0.05, 0.1) is 15.7 Å². The molecule has 0 atom stereocenters. The molecule has 0 aliphatic rings. The second-order valence-electron chi connectivity index (χ2n) is 4.47. The number of thiazole rings is 1. The highest BCUT2D eigenvalue weighted by molar-refractivity contribution is 8.00. The van der Waals surface area contributed by atoms with Gasteiger partial charge in [0.2, 0.25) is 0 Å². The quantitative estimate of drug-likeness (QED) is 0.854. The Hall–Kier alpha value is -1.08. The summed E-state index contributed by atoms with van der Waals surface area (Å²) >= 11 is 3.25. The summed E-state index contributed by atoms with van der Waals surface area (Å²) in [6.45, 7) is 7.23. The molecule has 0 radical (unpaired) electrons. The molecule has 0 bridgehead atoms. The Morgan fingerprint density at radius 1 is 1.50 bits per heavy atom. The fraction of sp³-hybridized carbons (Fsp3) is 0.545. The van der Waals surface area contributed by atoms with Gasteiger partial charge < -0.3 is 5.73 Å². The maximum atomic E-state index is 5.69. The monoisotopic (exact) mass is 283 g/mol. The predicted octanol–water partition coefficient (Wildman–Crippen LogP) is 2.57. The molecule has 18 heavy (non-hydrogen) atoms. The third-order valence-electron chi connectivity index (χ3n) is 2.34. The van der Waals surface area contributed by atoms with E-state index in [0.717, 1.165) is 28.0 Å². The molecule has 98 valence electrons. The number of aryl methyl sites for hydroxylation is 1. The molecule has 2 heterocycles. The lowest BCUT2D eigenvalue weighted by molar-refractivity contribution is 0.472. The topological polar surface area (TPSA) is 69.6 Å². The van der Waals surface area contributed by atoms with E-state index in [-0.39, 0.29) is 0 Å². The molecule has 0 aromatic carbocycles. The Morgan fingerprint density at radius 2 is 2.28 bits per heavy atom. The lowest BCUT2D eigenvalue weighted by Crippen LogP contribution is -2.09. The normalized spacial score (nSPS) is 11.3. The van der Waals surface area contributed by atoms with Crippen molar-refractivity contribution in [3.63, 3.8) is 0 Å². The van der Waals surface area contributed by atoms with Gasteiger partial charge in [-0.15, -0.1) is 11.8 Å². The van der Waals surface area contributed by atoms with Crippen molar-refractivity contribution in [1.29, 1.82) is 0 Å². The van der Waals surface area contributed by atoms with Gasteiger partial charge in [-0.1, -0.05) is 25.2 Å². The first-order valence-electron chi connectivity index (χ1n) is 5.78. The minimum atomic E-state index is 0.566. The highest BCUT2D eigenvalue weighted by atomic mass is 32.2. The van der Waals surface area contributed by atoms with Crippen LogP contribution >= 0.6 is 23.1 Å². The van der Waals surface area contributed by atoms with Crippen molar-refractivity contribution in [2.45, 2.75) is 37.3 Å². The second kappa shape index (κ2) is 5.71. The van der Waals surface area contributed by atoms with Crippen molar-refractivity contribution in [2.24, 2.45) is 5.92 Å². The number of hydrogen-bond donors (Lipinski definition) is 1. The number of thioether (sulfide) groups is 1. The van der Waals surface area contributed by atoms with Gasteiger partial charge in [0.25, 0.3) is 0 Å². The molecule has 2 aromatic rings. The fourth-order valence-corrected chi connectivity index (χ4v) is 3.54. The maximum Gasteiger partial charge on any atom is 0.181 e. The molecular weight excluding hydrogens is 266 g/mol. The number of rotatable bonds is 5. The molecule has 0 saturated heterocycles. The van der Waals surface area contributed by atoms with Gasteiger partial charge in [0, 0.05) is 6.54 Å². The number of aromatic nitrogens is 4. The summed E-state index contributed by atoms with van der Waals surface area (Å²) < 4.78 is 3.13. The molecular formula is C11H17N5S2. The van der Waals surface area contributed by atoms with E-state index in [4.69, 9.17) is 5.73 Å². The lowest BCUT2D eigenvalue weighted by atomic mass is 10.2. The van der Waals surface area contributed by atoms with Crippen LogP contribution in [0.5, 0.6) is 0 Å². The molecule has 0 amide bonds. The van der Waals surface area contributed by atoms with E-state index in [0.29, 0.717) is 11.0 Å². The molecule has 0 spiro atoms. The van der Waals surface area contributed by atoms with E-state index < -0.39 is 0 Å². The van der Waals surface area contributed by atoms with Crippen molar-refractivity contribution in [2.75, 3.05) is 5.73 Å².